The van der Waals surface area contributed by atoms with Gasteiger partial charge in [0.25, 0.3) is 0 Å². The topological polar surface area (TPSA) is 38.9 Å². The van der Waals surface area contributed by atoms with Gasteiger partial charge in [-0.1, -0.05) is 26.1 Å². The van der Waals surface area contributed by atoms with E-state index in [1.807, 2.05) is 13.8 Å². The van der Waals surface area contributed by atoms with E-state index in [1.54, 1.807) is 24.5 Å². The molecule has 3 heteroatoms. The molecule has 1 rings (SSSR count). The first kappa shape index (κ1) is 10.0. The predicted octanol–water partition coefficient (Wildman–Crippen LogP) is 1.74. The molecule has 0 aliphatic rings. The second-order valence-electron chi connectivity index (χ2n) is 1.60. The second kappa shape index (κ2) is 5.80. The lowest BCUT2D eigenvalue weighted by Crippen LogP contribution is -2.08. The van der Waals surface area contributed by atoms with Crippen molar-refractivity contribution in [3.8, 4) is 0 Å². The Kier molecular flexibility index (Phi) is 5.29. The summed E-state index contributed by atoms with van der Waals surface area (Å²) in [4.78, 5) is 4.23. The summed E-state index contributed by atoms with van der Waals surface area (Å²) in [6.45, 7) is 4.00. The van der Waals surface area contributed by atoms with Gasteiger partial charge in [0.1, 0.15) is 4.99 Å². The van der Waals surface area contributed by atoms with E-state index in [9.17, 15) is 0 Å². The number of thiocarbonyl (C=S) groups is 1. The molecule has 0 unspecified atom stereocenters. The number of aromatic nitrogens is 1. The summed E-state index contributed by atoms with van der Waals surface area (Å²) in [5, 5.41) is 0. The Labute approximate surface area is 72.5 Å². The normalized spacial score (nSPS) is 7.82. The molecule has 0 atom stereocenters. The van der Waals surface area contributed by atoms with Gasteiger partial charge in [0.2, 0.25) is 0 Å². The Morgan fingerprint density at radius 1 is 1.36 bits per heavy atom. The van der Waals surface area contributed by atoms with Gasteiger partial charge < -0.3 is 5.73 Å². The molecule has 1 aromatic rings. The van der Waals surface area contributed by atoms with E-state index in [0.29, 0.717) is 4.99 Å². The van der Waals surface area contributed by atoms with Crippen molar-refractivity contribution in [3.05, 3.63) is 30.1 Å². The number of nitrogens with two attached hydrogens (primary N) is 1. The minimum absolute atomic E-state index is 0.414. The van der Waals surface area contributed by atoms with Crippen LogP contribution in [0.25, 0.3) is 0 Å². The zero-order valence-electron chi connectivity index (χ0n) is 6.74. The SMILES string of the molecule is CC.NC(=S)c1ccncc1. The molecular weight excluding hydrogens is 156 g/mol. The fraction of sp³-hybridized carbons (Fsp3) is 0.250. The van der Waals surface area contributed by atoms with Crippen LogP contribution in [0.1, 0.15) is 19.4 Å². The summed E-state index contributed by atoms with van der Waals surface area (Å²) < 4.78 is 0. The highest BCUT2D eigenvalue weighted by atomic mass is 32.1. The van der Waals surface area contributed by atoms with Gasteiger partial charge in [-0.3, -0.25) is 4.98 Å². The molecule has 60 valence electrons. The van der Waals surface area contributed by atoms with Gasteiger partial charge in [-0.2, -0.15) is 0 Å². The van der Waals surface area contributed by atoms with E-state index in [0.717, 1.165) is 5.56 Å². The average molecular weight is 168 g/mol. The quantitative estimate of drug-likeness (QED) is 0.649. The summed E-state index contributed by atoms with van der Waals surface area (Å²) in [5.41, 5.74) is 6.18. The Morgan fingerprint density at radius 2 is 1.82 bits per heavy atom. The summed E-state index contributed by atoms with van der Waals surface area (Å²) in [7, 11) is 0. The minimum atomic E-state index is 0.414. The molecule has 2 nitrogen and oxygen atoms in total. The molecular formula is C8H12N2S. The van der Waals surface area contributed by atoms with E-state index >= 15 is 0 Å². The molecule has 0 aromatic carbocycles. The molecule has 0 aliphatic carbocycles. The first-order valence-corrected chi connectivity index (χ1v) is 3.91. The molecule has 1 aromatic heterocycles. The molecule has 11 heavy (non-hydrogen) atoms. The Bertz CT molecular complexity index is 209. The maximum atomic E-state index is 5.32. The highest BCUT2D eigenvalue weighted by Gasteiger charge is 1.89. The van der Waals surface area contributed by atoms with Crippen molar-refractivity contribution in [1.29, 1.82) is 0 Å². The highest BCUT2D eigenvalue weighted by Crippen LogP contribution is 1.93. The van der Waals surface area contributed by atoms with Crippen LogP contribution in [-0.2, 0) is 0 Å². The lowest BCUT2D eigenvalue weighted by molar-refractivity contribution is 1.32. The van der Waals surface area contributed by atoms with Crippen LogP contribution in [0.5, 0.6) is 0 Å². The van der Waals surface area contributed by atoms with E-state index in [2.05, 4.69) is 4.98 Å². The van der Waals surface area contributed by atoms with E-state index in [1.165, 1.54) is 0 Å². The fourth-order valence-electron chi connectivity index (χ4n) is 0.516. The Hall–Kier alpha value is -0.960. The summed E-state index contributed by atoms with van der Waals surface area (Å²) in [6, 6.07) is 3.56. The molecule has 2 N–H and O–H groups in total. The highest BCUT2D eigenvalue weighted by molar-refractivity contribution is 7.80. The number of rotatable bonds is 1. The minimum Gasteiger partial charge on any atom is -0.389 e. The van der Waals surface area contributed by atoms with E-state index in [-0.39, 0.29) is 0 Å². The van der Waals surface area contributed by atoms with Gasteiger partial charge in [-0.15, -0.1) is 0 Å². The second-order valence-corrected chi connectivity index (χ2v) is 2.04. The van der Waals surface area contributed by atoms with Gasteiger partial charge in [-0.25, -0.2) is 0 Å². The molecule has 0 fully saturated rings. The van der Waals surface area contributed by atoms with Crippen LogP contribution >= 0.6 is 12.2 Å². The van der Waals surface area contributed by atoms with Crippen LogP contribution in [0.2, 0.25) is 0 Å². The van der Waals surface area contributed by atoms with Gasteiger partial charge in [0, 0.05) is 18.0 Å². The number of hydrogen-bond donors (Lipinski definition) is 1. The lowest BCUT2D eigenvalue weighted by Gasteiger charge is -1.92. The molecule has 0 bridgehead atoms. The fourth-order valence-corrected chi connectivity index (χ4v) is 0.652. The monoisotopic (exact) mass is 168 g/mol. The molecule has 0 amide bonds. The molecule has 0 radical (unpaired) electrons. The van der Waals surface area contributed by atoms with Gasteiger partial charge in [0.05, 0.1) is 0 Å². The Morgan fingerprint density at radius 3 is 2.09 bits per heavy atom. The molecule has 0 saturated heterocycles. The zero-order valence-corrected chi connectivity index (χ0v) is 7.56. The van der Waals surface area contributed by atoms with Crippen molar-refractivity contribution in [1.82, 2.24) is 4.98 Å². The first-order chi connectivity index (χ1) is 5.30. The zero-order chi connectivity index (χ0) is 8.69. The molecule has 1 heterocycles. The first-order valence-electron chi connectivity index (χ1n) is 3.50. The average Bonchev–Trinajstić information content (AvgIpc) is 2.10. The number of hydrogen-bond acceptors (Lipinski definition) is 2. The van der Waals surface area contributed by atoms with E-state index in [4.69, 9.17) is 18.0 Å². The third-order valence-corrected chi connectivity index (χ3v) is 1.20. The number of pyridine rings is 1. The number of nitrogens with zero attached hydrogens (tertiary/aromatic N) is 1. The largest absolute Gasteiger partial charge is 0.389 e. The van der Waals surface area contributed by atoms with Crippen LogP contribution < -0.4 is 5.73 Å². The van der Waals surface area contributed by atoms with Crippen molar-refractivity contribution >= 4 is 17.2 Å². The third kappa shape index (κ3) is 3.68. The predicted molar refractivity (Wildman–Crippen MR) is 51.5 cm³/mol. The van der Waals surface area contributed by atoms with Crippen LogP contribution in [-0.4, -0.2) is 9.97 Å². The standard InChI is InChI=1S/C6H6N2S.C2H6/c7-6(9)5-1-3-8-4-2-5;1-2/h1-4H,(H2,7,9);1-2H3. The summed E-state index contributed by atoms with van der Waals surface area (Å²) >= 11 is 4.71. The molecule has 0 aliphatic heterocycles. The van der Waals surface area contributed by atoms with Crippen LogP contribution in [0.4, 0.5) is 0 Å². The molecule has 0 spiro atoms. The van der Waals surface area contributed by atoms with Crippen LogP contribution in [0.3, 0.4) is 0 Å². The van der Waals surface area contributed by atoms with Crippen molar-refractivity contribution in [3.63, 3.8) is 0 Å². The van der Waals surface area contributed by atoms with Crippen molar-refractivity contribution < 1.29 is 0 Å². The smallest absolute Gasteiger partial charge is 0.104 e. The van der Waals surface area contributed by atoms with Crippen LogP contribution in [0.15, 0.2) is 24.5 Å². The van der Waals surface area contributed by atoms with E-state index < -0.39 is 0 Å². The van der Waals surface area contributed by atoms with Gasteiger partial charge in [0.15, 0.2) is 0 Å². The van der Waals surface area contributed by atoms with Crippen molar-refractivity contribution in [2.75, 3.05) is 0 Å². The Balaban J connectivity index is 0.000000461. The summed E-state index contributed by atoms with van der Waals surface area (Å²) in [5.74, 6) is 0. The lowest BCUT2D eigenvalue weighted by atomic mass is 10.3. The van der Waals surface area contributed by atoms with Crippen LogP contribution in [0, 0.1) is 0 Å². The summed E-state index contributed by atoms with van der Waals surface area (Å²) in [6.07, 6.45) is 3.32. The maximum absolute atomic E-state index is 5.32. The van der Waals surface area contributed by atoms with Crippen molar-refractivity contribution in [2.45, 2.75) is 13.8 Å². The molecule has 0 saturated carbocycles. The third-order valence-electron chi connectivity index (χ3n) is 0.965. The van der Waals surface area contributed by atoms with Gasteiger partial charge in [-0.05, 0) is 12.1 Å². The maximum Gasteiger partial charge on any atom is 0.104 e. The van der Waals surface area contributed by atoms with Crippen molar-refractivity contribution in [2.24, 2.45) is 5.73 Å². The van der Waals surface area contributed by atoms with Gasteiger partial charge >= 0.3 is 0 Å².